The Kier molecular flexibility index (Phi) is 3.79. The number of nitrogens with zero attached hydrogens (tertiary/aromatic N) is 1. The lowest BCUT2D eigenvalue weighted by atomic mass is 10.2. The van der Waals surface area contributed by atoms with Gasteiger partial charge in [0.25, 0.3) is 0 Å². The molecule has 1 heterocycles. The summed E-state index contributed by atoms with van der Waals surface area (Å²) >= 11 is 5.93. The van der Waals surface area contributed by atoms with Crippen molar-refractivity contribution in [1.29, 1.82) is 0 Å². The second-order valence-electron chi connectivity index (χ2n) is 3.78. The van der Waals surface area contributed by atoms with Gasteiger partial charge in [-0.25, -0.2) is 9.37 Å². The standard InChI is InChI=1S/C13H11ClFNO2/c1-8-3-2-4-11(12(8)15)18-13-10(14)5-9(7-17)6-16-13/h2-6,17H,7H2,1H3. The first-order chi connectivity index (χ1) is 8.61. The van der Waals surface area contributed by atoms with Gasteiger partial charge < -0.3 is 9.84 Å². The molecule has 0 saturated heterocycles. The van der Waals surface area contributed by atoms with Crippen molar-refractivity contribution in [3.63, 3.8) is 0 Å². The van der Waals surface area contributed by atoms with Crippen LogP contribution in [0.3, 0.4) is 0 Å². The molecule has 0 spiro atoms. The fraction of sp³-hybridized carbons (Fsp3) is 0.154. The number of aryl methyl sites for hydroxylation is 1. The highest BCUT2D eigenvalue weighted by Gasteiger charge is 2.10. The molecule has 2 aromatic rings. The molecular formula is C13H11ClFNO2. The summed E-state index contributed by atoms with van der Waals surface area (Å²) in [5.41, 5.74) is 1.05. The van der Waals surface area contributed by atoms with E-state index >= 15 is 0 Å². The highest BCUT2D eigenvalue weighted by Crippen LogP contribution is 2.30. The summed E-state index contributed by atoms with van der Waals surface area (Å²) in [5.74, 6) is -0.263. The van der Waals surface area contributed by atoms with Crippen LogP contribution in [-0.4, -0.2) is 10.1 Å². The predicted octanol–water partition coefficient (Wildman–Crippen LogP) is 3.47. The Morgan fingerprint density at radius 1 is 1.44 bits per heavy atom. The van der Waals surface area contributed by atoms with E-state index in [0.29, 0.717) is 11.1 Å². The van der Waals surface area contributed by atoms with Crippen molar-refractivity contribution < 1.29 is 14.2 Å². The maximum atomic E-state index is 13.7. The minimum atomic E-state index is -0.443. The summed E-state index contributed by atoms with van der Waals surface area (Å²) in [6.45, 7) is 1.48. The number of hydrogen-bond donors (Lipinski definition) is 1. The van der Waals surface area contributed by atoms with E-state index in [2.05, 4.69) is 4.98 Å². The zero-order valence-corrected chi connectivity index (χ0v) is 10.4. The molecule has 2 rings (SSSR count). The first-order valence-electron chi connectivity index (χ1n) is 5.30. The van der Waals surface area contributed by atoms with Crippen LogP contribution in [0.1, 0.15) is 11.1 Å². The highest BCUT2D eigenvalue weighted by molar-refractivity contribution is 6.31. The van der Waals surface area contributed by atoms with Gasteiger partial charge in [-0.2, -0.15) is 0 Å². The Labute approximate surface area is 109 Å². The SMILES string of the molecule is Cc1cccc(Oc2ncc(CO)cc2Cl)c1F. The maximum Gasteiger partial charge on any atom is 0.238 e. The molecule has 0 aliphatic carbocycles. The maximum absolute atomic E-state index is 13.7. The van der Waals surface area contributed by atoms with Gasteiger partial charge in [0.15, 0.2) is 11.6 Å². The molecule has 0 saturated carbocycles. The third-order valence-electron chi connectivity index (χ3n) is 2.41. The fourth-order valence-corrected chi connectivity index (χ4v) is 1.66. The van der Waals surface area contributed by atoms with Crippen LogP contribution < -0.4 is 4.74 Å². The van der Waals surface area contributed by atoms with Crippen LogP contribution in [0.2, 0.25) is 5.02 Å². The molecule has 0 aliphatic rings. The van der Waals surface area contributed by atoms with Crippen LogP contribution in [-0.2, 0) is 6.61 Å². The Morgan fingerprint density at radius 3 is 2.89 bits per heavy atom. The topological polar surface area (TPSA) is 42.4 Å². The van der Waals surface area contributed by atoms with Crippen LogP contribution in [0.25, 0.3) is 0 Å². The lowest BCUT2D eigenvalue weighted by molar-refractivity contribution is 0.281. The van der Waals surface area contributed by atoms with Gasteiger partial charge in [0.05, 0.1) is 6.61 Å². The summed E-state index contributed by atoms with van der Waals surface area (Å²) in [6, 6.07) is 6.35. The summed E-state index contributed by atoms with van der Waals surface area (Å²) in [4.78, 5) is 3.93. The molecule has 0 aliphatic heterocycles. The molecule has 0 amide bonds. The number of halogens is 2. The van der Waals surface area contributed by atoms with Crippen molar-refractivity contribution >= 4 is 11.6 Å². The quantitative estimate of drug-likeness (QED) is 0.926. The second-order valence-corrected chi connectivity index (χ2v) is 4.18. The van der Waals surface area contributed by atoms with Crippen LogP contribution in [0, 0.1) is 12.7 Å². The molecule has 94 valence electrons. The predicted molar refractivity (Wildman–Crippen MR) is 66.4 cm³/mol. The van der Waals surface area contributed by atoms with Crippen molar-refractivity contribution in [1.82, 2.24) is 4.98 Å². The van der Waals surface area contributed by atoms with Crippen LogP contribution in [0.4, 0.5) is 4.39 Å². The first kappa shape index (κ1) is 12.8. The number of benzene rings is 1. The van der Waals surface area contributed by atoms with Gasteiger partial charge in [-0.05, 0) is 30.2 Å². The second kappa shape index (κ2) is 5.33. The largest absolute Gasteiger partial charge is 0.434 e. The Bertz CT molecular complexity index is 575. The third-order valence-corrected chi connectivity index (χ3v) is 2.68. The van der Waals surface area contributed by atoms with Crippen molar-refractivity contribution in [2.45, 2.75) is 13.5 Å². The van der Waals surface area contributed by atoms with E-state index in [1.54, 1.807) is 19.1 Å². The molecular weight excluding hydrogens is 257 g/mol. The number of aliphatic hydroxyl groups is 1. The Hall–Kier alpha value is -1.65. The molecule has 5 heteroatoms. The number of ether oxygens (including phenoxy) is 1. The van der Waals surface area contributed by atoms with Gasteiger partial charge in [0.1, 0.15) is 5.02 Å². The first-order valence-corrected chi connectivity index (χ1v) is 5.68. The fourth-order valence-electron chi connectivity index (χ4n) is 1.43. The molecule has 0 fully saturated rings. The molecule has 1 N–H and O–H groups in total. The van der Waals surface area contributed by atoms with Gasteiger partial charge in [0.2, 0.25) is 5.88 Å². The minimum absolute atomic E-state index is 0.0705. The third kappa shape index (κ3) is 2.60. The number of aliphatic hydroxyl groups excluding tert-OH is 1. The van der Waals surface area contributed by atoms with E-state index in [1.807, 2.05) is 0 Å². The molecule has 0 unspecified atom stereocenters. The van der Waals surface area contributed by atoms with E-state index in [1.165, 1.54) is 18.3 Å². The van der Waals surface area contributed by atoms with Gasteiger partial charge in [-0.1, -0.05) is 23.7 Å². The Balaban J connectivity index is 2.31. The van der Waals surface area contributed by atoms with Crippen molar-refractivity contribution in [3.05, 3.63) is 52.4 Å². The zero-order valence-electron chi connectivity index (χ0n) is 9.65. The average Bonchev–Trinajstić information content (AvgIpc) is 2.37. The smallest absolute Gasteiger partial charge is 0.238 e. The zero-order chi connectivity index (χ0) is 13.1. The van der Waals surface area contributed by atoms with Crippen LogP contribution >= 0.6 is 11.6 Å². The lowest BCUT2D eigenvalue weighted by Crippen LogP contribution is -1.95. The molecule has 3 nitrogen and oxygen atoms in total. The molecule has 0 bridgehead atoms. The molecule has 1 aromatic carbocycles. The monoisotopic (exact) mass is 267 g/mol. The van der Waals surface area contributed by atoms with Crippen LogP contribution in [0.15, 0.2) is 30.5 Å². The summed E-state index contributed by atoms with van der Waals surface area (Å²) < 4.78 is 19.0. The highest BCUT2D eigenvalue weighted by atomic mass is 35.5. The van der Waals surface area contributed by atoms with E-state index in [0.717, 1.165) is 0 Å². The number of aromatic nitrogens is 1. The van der Waals surface area contributed by atoms with E-state index in [4.69, 9.17) is 21.4 Å². The van der Waals surface area contributed by atoms with Gasteiger partial charge in [-0.3, -0.25) is 0 Å². The molecule has 0 radical (unpaired) electrons. The average molecular weight is 268 g/mol. The summed E-state index contributed by atoms with van der Waals surface area (Å²) in [6.07, 6.45) is 1.43. The number of pyridine rings is 1. The van der Waals surface area contributed by atoms with Crippen LogP contribution in [0.5, 0.6) is 11.6 Å². The van der Waals surface area contributed by atoms with E-state index in [-0.39, 0.29) is 23.3 Å². The number of hydrogen-bond acceptors (Lipinski definition) is 3. The van der Waals surface area contributed by atoms with Gasteiger partial charge in [-0.15, -0.1) is 0 Å². The molecule has 1 aromatic heterocycles. The van der Waals surface area contributed by atoms with Crippen molar-refractivity contribution in [2.24, 2.45) is 0 Å². The Morgan fingerprint density at radius 2 is 2.22 bits per heavy atom. The number of rotatable bonds is 3. The summed E-state index contributed by atoms with van der Waals surface area (Å²) in [5, 5.41) is 9.15. The van der Waals surface area contributed by atoms with Gasteiger partial charge in [0, 0.05) is 6.20 Å². The van der Waals surface area contributed by atoms with Crippen molar-refractivity contribution in [3.8, 4) is 11.6 Å². The normalized spacial score (nSPS) is 10.4. The summed E-state index contributed by atoms with van der Waals surface area (Å²) in [7, 11) is 0. The van der Waals surface area contributed by atoms with E-state index < -0.39 is 5.82 Å². The van der Waals surface area contributed by atoms with E-state index in [9.17, 15) is 4.39 Å². The molecule has 0 atom stereocenters. The molecule has 18 heavy (non-hydrogen) atoms. The lowest BCUT2D eigenvalue weighted by Gasteiger charge is -2.09. The minimum Gasteiger partial charge on any atom is -0.434 e. The van der Waals surface area contributed by atoms with Gasteiger partial charge >= 0.3 is 0 Å². The van der Waals surface area contributed by atoms with Crippen molar-refractivity contribution in [2.75, 3.05) is 0 Å².